The molecular weight excluding hydrogens is 416 g/mol. The fourth-order valence-corrected chi connectivity index (χ4v) is 4.38. The van der Waals surface area contributed by atoms with Crippen LogP contribution in [0.5, 0.6) is 0 Å². The number of nitrogen functional groups attached to an aromatic ring is 1. The first-order chi connectivity index (χ1) is 15.9. The topological polar surface area (TPSA) is 129 Å². The number of amides is 1. The highest BCUT2D eigenvalue weighted by atomic mass is 16.5. The first kappa shape index (κ1) is 20.9. The number of hydrogen-bond acceptors (Lipinski definition) is 7. The highest BCUT2D eigenvalue weighted by Gasteiger charge is 2.45. The van der Waals surface area contributed by atoms with Crippen LogP contribution in [-0.4, -0.2) is 27.3 Å². The van der Waals surface area contributed by atoms with Crippen LogP contribution in [0.4, 0.5) is 5.82 Å². The number of carbonyl (C=O) groups is 1. The summed E-state index contributed by atoms with van der Waals surface area (Å²) in [4.78, 5) is 24.1. The molecule has 1 aliphatic heterocycles. The largest absolute Gasteiger partial charge is 0.383 e. The molecule has 0 saturated heterocycles. The molecule has 0 bridgehead atoms. The van der Waals surface area contributed by atoms with Gasteiger partial charge in [0, 0.05) is 29.3 Å². The molecule has 33 heavy (non-hydrogen) atoms. The van der Waals surface area contributed by atoms with E-state index in [1.165, 1.54) is 6.20 Å². The summed E-state index contributed by atoms with van der Waals surface area (Å²) >= 11 is 0. The maximum absolute atomic E-state index is 13.6. The predicted octanol–water partition coefficient (Wildman–Crippen LogP) is 3.62. The molecule has 1 amide bonds. The van der Waals surface area contributed by atoms with Gasteiger partial charge in [0.05, 0.1) is 47.5 Å². The number of anilines is 1. The van der Waals surface area contributed by atoms with Gasteiger partial charge in [-0.05, 0) is 55.7 Å². The van der Waals surface area contributed by atoms with Gasteiger partial charge in [-0.25, -0.2) is 4.98 Å². The SMILES string of the molecule is C[C@H]1OCc2c1c(N)nc1ccc(C(=O)N(Cc3ccc(C#N)cn3)CC3(C#N)CC3)cc21. The molecule has 3 aromatic rings. The van der Waals surface area contributed by atoms with E-state index in [0.29, 0.717) is 35.8 Å². The number of hydrogen-bond donors (Lipinski definition) is 1. The third kappa shape index (κ3) is 3.75. The first-order valence-corrected chi connectivity index (χ1v) is 10.8. The molecule has 3 heterocycles. The van der Waals surface area contributed by atoms with Crippen molar-refractivity contribution in [1.82, 2.24) is 14.9 Å². The summed E-state index contributed by atoms with van der Waals surface area (Å²) < 4.78 is 5.76. The van der Waals surface area contributed by atoms with E-state index in [9.17, 15) is 10.1 Å². The van der Waals surface area contributed by atoms with Crippen LogP contribution in [0.3, 0.4) is 0 Å². The number of carbonyl (C=O) groups excluding carboxylic acids is 1. The van der Waals surface area contributed by atoms with Crippen LogP contribution < -0.4 is 5.73 Å². The Balaban J connectivity index is 1.51. The van der Waals surface area contributed by atoms with Crippen molar-refractivity contribution in [1.29, 1.82) is 10.5 Å². The van der Waals surface area contributed by atoms with Crippen LogP contribution in [-0.2, 0) is 17.9 Å². The highest BCUT2D eigenvalue weighted by molar-refractivity contribution is 5.99. The number of pyridine rings is 2. The van der Waals surface area contributed by atoms with E-state index < -0.39 is 5.41 Å². The van der Waals surface area contributed by atoms with Crippen molar-refractivity contribution in [3.05, 3.63) is 64.5 Å². The van der Waals surface area contributed by atoms with E-state index >= 15 is 0 Å². The van der Waals surface area contributed by atoms with Gasteiger partial charge in [-0.1, -0.05) is 0 Å². The van der Waals surface area contributed by atoms with E-state index in [0.717, 1.165) is 34.9 Å². The summed E-state index contributed by atoms with van der Waals surface area (Å²) in [5, 5.41) is 19.5. The van der Waals surface area contributed by atoms with Gasteiger partial charge in [-0.3, -0.25) is 9.78 Å². The van der Waals surface area contributed by atoms with Crippen molar-refractivity contribution < 1.29 is 9.53 Å². The molecule has 8 nitrogen and oxygen atoms in total. The third-order valence-electron chi connectivity index (χ3n) is 6.47. The van der Waals surface area contributed by atoms with Crippen LogP contribution in [0, 0.1) is 28.1 Å². The Labute approximate surface area is 191 Å². The van der Waals surface area contributed by atoms with Gasteiger partial charge in [0.25, 0.3) is 5.91 Å². The van der Waals surface area contributed by atoms with Gasteiger partial charge in [-0.15, -0.1) is 0 Å². The minimum atomic E-state index is -0.500. The van der Waals surface area contributed by atoms with Crippen molar-refractivity contribution in [2.24, 2.45) is 5.41 Å². The second-order valence-electron chi connectivity index (χ2n) is 8.78. The van der Waals surface area contributed by atoms with Crippen molar-refractivity contribution in [3.8, 4) is 12.1 Å². The maximum atomic E-state index is 13.6. The zero-order chi connectivity index (χ0) is 23.2. The number of aromatic nitrogens is 2. The van der Waals surface area contributed by atoms with Gasteiger partial charge in [-0.2, -0.15) is 10.5 Å². The summed E-state index contributed by atoms with van der Waals surface area (Å²) in [6.07, 6.45) is 2.90. The summed E-state index contributed by atoms with van der Waals surface area (Å²) in [7, 11) is 0. The van der Waals surface area contributed by atoms with Crippen LogP contribution in [0.25, 0.3) is 10.9 Å². The molecule has 164 valence electrons. The summed E-state index contributed by atoms with van der Waals surface area (Å²) in [5.41, 5.74) is 9.85. The average molecular weight is 438 g/mol. The first-order valence-electron chi connectivity index (χ1n) is 10.8. The molecule has 1 atom stereocenters. The molecule has 8 heteroatoms. The maximum Gasteiger partial charge on any atom is 0.254 e. The van der Waals surface area contributed by atoms with E-state index in [2.05, 4.69) is 16.0 Å². The molecule has 0 radical (unpaired) electrons. The van der Waals surface area contributed by atoms with Gasteiger partial charge < -0.3 is 15.4 Å². The summed E-state index contributed by atoms with van der Waals surface area (Å²) in [6.45, 7) is 2.95. The lowest BCUT2D eigenvalue weighted by atomic mass is 9.99. The zero-order valence-electron chi connectivity index (χ0n) is 18.2. The molecule has 1 aliphatic carbocycles. The van der Waals surface area contributed by atoms with Crippen LogP contribution >= 0.6 is 0 Å². The fraction of sp³-hybridized carbons (Fsp3) is 0.320. The lowest BCUT2D eigenvalue weighted by molar-refractivity contribution is 0.0718. The second kappa shape index (κ2) is 7.84. The van der Waals surface area contributed by atoms with Crippen LogP contribution in [0.15, 0.2) is 36.5 Å². The van der Waals surface area contributed by atoms with E-state index in [-0.39, 0.29) is 18.6 Å². The van der Waals surface area contributed by atoms with Gasteiger partial charge >= 0.3 is 0 Å². The molecule has 1 saturated carbocycles. The Hall–Kier alpha value is -4.01. The second-order valence-corrected chi connectivity index (χ2v) is 8.78. The molecule has 1 fully saturated rings. The minimum absolute atomic E-state index is 0.138. The van der Waals surface area contributed by atoms with Crippen LogP contribution in [0.1, 0.15) is 58.6 Å². The quantitative estimate of drug-likeness (QED) is 0.644. The number of nitrogens with zero attached hydrogens (tertiary/aromatic N) is 5. The van der Waals surface area contributed by atoms with Crippen molar-refractivity contribution in [2.75, 3.05) is 12.3 Å². The molecular formula is C25H22N6O2. The molecule has 0 spiro atoms. The minimum Gasteiger partial charge on any atom is -0.383 e. The lowest BCUT2D eigenvalue weighted by Crippen LogP contribution is -2.35. The Morgan fingerprint density at radius 3 is 2.79 bits per heavy atom. The molecule has 2 aliphatic rings. The molecule has 5 rings (SSSR count). The predicted molar refractivity (Wildman–Crippen MR) is 120 cm³/mol. The van der Waals surface area contributed by atoms with Crippen molar-refractivity contribution in [3.63, 3.8) is 0 Å². The number of nitrogens with two attached hydrogens (primary N) is 1. The van der Waals surface area contributed by atoms with Crippen molar-refractivity contribution >= 4 is 22.6 Å². The van der Waals surface area contributed by atoms with E-state index in [4.69, 9.17) is 15.7 Å². The Kier molecular flexibility index (Phi) is 4.96. The number of rotatable bonds is 5. The Bertz CT molecular complexity index is 1350. The monoisotopic (exact) mass is 438 g/mol. The Morgan fingerprint density at radius 1 is 1.30 bits per heavy atom. The fourth-order valence-electron chi connectivity index (χ4n) is 4.38. The summed E-state index contributed by atoms with van der Waals surface area (Å²) in [6, 6.07) is 13.2. The number of nitriles is 2. The van der Waals surface area contributed by atoms with Gasteiger partial charge in [0.15, 0.2) is 0 Å². The van der Waals surface area contributed by atoms with Crippen LogP contribution in [0.2, 0.25) is 0 Å². The number of fused-ring (bicyclic) bond motifs is 3. The zero-order valence-corrected chi connectivity index (χ0v) is 18.2. The molecule has 2 aromatic heterocycles. The average Bonchev–Trinajstić information content (AvgIpc) is 3.50. The van der Waals surface area contributed by atoms with E-state index in [1.807, 2.05) is 19.1 Å². The standard InChI is InChI=1S/C25H22N6O2/c1-15-22-20(12-33-15)19-8-17(3-5-21(19)30-23(22)28)24(32)31(14-25(13-27)6-7-25)11-18-4-2-16(9-26)10-29-18/h2-5,8,10,15H,6-7,11-12,14H2,1H3,(H2,28,30)/t15-/m1/s1. The van der Waals surface area contributed by atoms with Gasteiger partial charge in [0.2, 0.25) is 0 Å². The van der Waals surface area contributed by atoms with E-state index in [1.54, 1.807) is 29.2 Å². The van der Waals surface area contributed by atoms with Crippen molar-refractivity contribution in [2.45, 2.75) is 39.0 Å². The van der Waals surface area contributed by atoms with Gasteiger partial charge in [0.1, 0.15) is 11.9 Å². The molecule has 2 N–H and O–H groups in total. The third-order valence-corrected chi connectivity index (χ3v) is 6.47. The number of ether oxygens (including phenoxy) is 1. The normalized spacial score (nSPS) is 17.7. The molecule has 0 unspecified atom stereocenters. The lowest BCUT2D eigenvalue weighted by Gasteiger charge is -2.25. The Morgan fingerprint density at radius 2 is 2.12 bits per heavy atom. The highest BCUT2D eigenvalue weighted by Crippen LogP contribution is 2.46. The summed E-state index contributed by atoms with van der Waals surface area (Å²) in [5.74, 6) is 0.280. The molecule has 1 aromatic carbocycles. The number of benzene rings is 1. The smallest absolute Gasteiger partial charge is 0.254 e.